The topological polar surface area (TPSA) is 131 Å². The van der Waals surface area contributed by atoms with E-state index in [2.05, 4.69) is 20.6 Å². The Balaban J connectivity index is 1.65. The number of carbonyl (C=O) groups is 3. The second kappa shape index (κ2) is 14.0. The van der Waals surface area contributed by atoms with Gasteiger partial charge in [0.15, 0.2) is 5.69 Å². The van der Waals surface area contributed by atoms with Gasteiger partial charge in [0.05, 0.1) is 12.7 Å². The number of amides is 2. The monoisotopic (exact) mass is 654 g/mol. The van der Waals surface area contributed by atoms with Crippen LogP contribution in [0.5, 0.6) is 0 Å². The Morgan fingerprint density at radius 2 is 1.89 bits per heavy atom. The molecule has 2 aliphatic carbocycles. The minimum absolute atomic E-state index is 0.0299. The molecule has 0 aliphatic heterocycles. The van der Waals surface area contributed by atoms with Crippen molar-refractivity contribution in [3.05, 3.63) is 69.9 Å². The lowest BCUT2D eigenvalue weighted by Gasteiger charge is -2.30. The van der Waals surface area contributed by atoms with Crippen LogP contribution in [0.1, 0.15) is 67.6 Å². The number of alkyl halides is 3. The molecule has 5 rings (SSSR count). The molecule has 0 radical (unpaired) electrons. The molecule has 2 aliphatic rings. The van der Waals surface area contributed by atoms with Crippen LogP contribution in [0.2, 0.25) is 0 Å². The van der Waals surface area contributed by atoms with E-state index in [1.165, 1.54) is 12.3 Å². The van der Waals surface area contributed by atoms with Crippen molar-refractivity contribution in [3.8, 4) is 21.7 Å². The third-order valence-electron chi connectivity index (χ3n) is 7.95. The van der Waals surface area contributed by atoms with E-state index in [1.807, 2.05) is 6.08 Å². The molecular weight excluding hydrogens is 621 g/mol. The maximum atomic E-state index is 13.9. The number of ether oxygens (including phenoxy) is 1. The molecule has 2 heterocycles. The van der Waals surface area contributed by atoms with Crippen LogP contribution in [0.4, 0.5) is 23.8 Å². The summed E-state index contributed by atoms with van der Waals surface area (Å²) < 4.78 is 45.7. The van der Waals surface area contributed by atoms with Gasteiger partial charge in [-0.25, -0.2) is 19.6 Å². The predicted molar refractivity (Wildman–Crippen MR) is 168 cm³/mol. The smallest absolute Gasteiger partial charge is 0.434 e. The Bertz CT molecular complexity index is 1720. The number of ketones is 1. The van der Waals surface area contributed by atoms with Crippen LogP contribution >= 0.6 is 11.3 Å². The predicted octanol–water partition coefficient (Wildman–Crippen LogP) is 7.04. The molecule has 46 heavy (non-hydrogen) atoms. The van der Waals surface area contributed by atoms with E-state index in [0.717, 1.165) is 41.6 Å². The SMILES string of the molecule is CCNC(=O)Nc1cc(-c2nc(C(F)(F)F)cs2)c(-c2ccc3c(c2)C(=O)C(C(=O)OCC)=CCC([C@@H]2CCCC[C@H]2O)=C3)cn1. The number of halogens is 3. The number of rotatable bonds is 7. The van der Waals surface area contributed by atoms with Gasteiger partial charge in [0.2, 0.25) is 5.78 Å². The van der Waals surface area contributed by atoms with Crippen LogP contribution in [0, 0.1) is 5.92 Å². The number of nitrogens with zero attached hydrogens (tertiary/aromatic N) is 2. The molecule has 0 spiro atoms. The molecule has 0 bridgehead atoms. The highest BCUT2D eigenvalue weighted by molar-refractivity contribution is 7.13. The van der Waals surface area contributed by atoms with Gasteiger partial charge in [-0.2, -0.15) is 13.2 Å². The molecule has 2 aromatic heterocycles. The minimum atomic E-state index is -4.66. The molecule has 13 heteroatoms. The summed E-state index contributed by atoms with van der Waals surface area (Å²) in [5, 5.41) is 16.9. The average molecular weight is 655 g/mol. The Labute approximate surface area is 267 Å². The van der Waals surface area contributed by atoms with Crippen molar-refractivity contribution < 1.29 is 37.4 Å². The van der Waals surface area contributed by atoms with Crippen molar-refractivity contribution in [2.24, 2.45) is 5.92 Å². The summed E-state index contributed by atoms with van der Waals surface area (Å²) in [6, 6.07) is 5.87. The zero-order valence-corrected chi connectivity index (χ0v) is 26.1. The molecule has 2 amide bonds. The second-order valence-corrected chi connectivity index (χ2v) is 11.8. The van der Waals surface area contributed by atoms with Gasteiger partial charge in [0, 0.05) is 40.7 Å². The number of hydrogen-bond acceptors (Lipinski definition) is 8. The minimum Gasteiger partial charge on any atom is -0.462 e. The average Bonchev–Trinajstić information content (AvgIpc) is 3.52. The Morgan fingerprint density at radius 1 is 1.11 bits per heavy atom. The number of urea groups is 1. The van der Waals surface area contributed by atoms with Crippen molar-refractivity contribution in [2.45, 2.75) is 58.2 Å². The summed E-state index contributed by atoms with van der Waals surface area (Å²) in [5.74, 6) is -1.38. The number of fused-ring (bicyclic) bond motifs is 1. The van der Waals surface area contributed by atoms with Gasteiger partial charge < -0.3 is 15.2 Å². The Morgan fingerprint density at radius 3 is 2.59 bits per heavy atom. The van der Waals surface area contributed by atoms with Crippen molar-refractivity contribution in [3.63, 3.8) is 0 Å². The number of aliphatic hydroxyl groups is 1. The fraction of sp³-hybridized carbons (Fsp3) is 0.364. The summed E-state index contributed by atoms with van der Waals surface area (Å²) in [7, 11) is 0. The van der Waals surface area contributed by atoms with E-state index in [9.17, 15) is 32.7 Å². The quantitative estimate of drug-likeness (QED) is 0.184. The van der Waals surface area contributed by atoms with Gasteiger partial charge in [-0.05, 0) is 56.4 Å². The van der Waals surface area contributed by atoms with Gasteiger partial charge in [-0.1, -0.05) is 42.7 Å². The first-order valence-corrected chi connectivity index (χ1v) is 15.9. The number of carbonyl (C=O) groups excluding carboxylic acids is 3. The summed E-state index contributed by atoms with van der Waals surface area (Å²) in [5.41, 5.74) is 1.46. The lowest BCUT2D eigenvalue weighted by Crippen LogP contribution is -2.28. The maximum absolute atomic E-state index is 13.9. The molecule has 3 N–H and O–H groups in total. The summed E-state index contributed by atoms with van der Waals surface area (Å²) in [6.07, 6.45) is 3.21. The Kier molecular flexibility index (Phi) is 10.0. The fourth-order valence-electron chi connectivity index (χ4n) is 5.73. The van der Waals surface area contributed by atoms with Crippen molar-refractivity contribution in [1.29, 1.82) is 0 Å². The van der Waals surface area contributed by atoms with Crippen LogP contribution in [-0.2, 0) is 15.7 Å². The molecule has 1 aromatic carbocycles. The summed E-state index contributed by atoms with van der Waals surface area (Å²) in [6.45, 7) is 3.79. The van der Waals surface area contributed by atoms with Crippen LogP contribution in [0.3, 0.4) is 0 Å². The highest BCUT2D eigenvalue weighted by atomic mass is 32.1. The number of Topliss-reactive ketones (excluding diaryl/α,β-unsaturated/α-hetero) is 1. The van der Waals surface area contributed by atoms with Crippen LogP contribution in [-0.4, -0.2) is 52.1 Å². The molecular formula is C33H33F3N4O5S. The third kappa shape index (κ3) is 7.20. The van der Waals surface area contributed by atoms with E-state index in [1.54, 1.807) is 38.1 Å². The Hall–Kier alpha value is -4.36. The van der Waals surface area contributed by atoms with E-state index in [4.69, 9.17) is 4.74 Å². The zero-order valence-electron chi connectivity index (χ0n) is 25.2. The largest absolute Gasteiger partial charge is 0.462 e. The van der Waals surface area contributed by atoms with E-state index >= 15 is 0 Å². The van der Waals surface area contributed by atoms with E-state index in [0.29, 0.717) is 36.1 Å². The van der Waals surface area contributed by atoms with Crippen LogP contribution < -0.4 is 10.6 Å². The molecule has 1 fully saturated rings. The van der Waals surface area contributed by atoms with Gasteiger partial charge >= 0.3 is 18.2 Å². The first-order chi connectivity index (χ1) is 22.0. The zero-order chi connectivity index (χ0) is 33.0. The maximum Gasteiger partial charge on any atom is 0.434 e. The van der Waals surface area contributed by atoms with Gasteiger partial charge in [-0.3, -0.25) is 10.1 Å². The highest BCUT2D eigenvalue weighted by Crippen LogP contribution is 2.40. The second-order valence-electron chi connectivity index (χ2n) is 11.0. The number of aromatic nitrogens is 2. The number of thiazole rings is 1. The molecule has 9 nitrogen and oxygen atoms in total. The van der Waals surface area contributed by atoms with Crippen molar-refractivity contribution >= 4 is 41.0 Å². The van der Waals surface area contributed by atoms with Crippen LogP contribution in [0.25, 0.3) is 27.8 Å². The molecule has 0 unspecified atom stereocenters. The summed E-state index contributed by atoms with van der Waals surface area (Å²) in [4.78, 5) is 47.1. The van der Waals surface area contributed by atoms with Crippen molar-refractivity contribution in [2.75, 3.05) is 18.5 Å². The number of anilines is 1. The number of nitrogens with one attached hydrogen (secondary N) is 2. The number of aliphatic hydroxyl groups excluding tert-OH is 1. The number of allylic oxidation sites excluding steroid dienone is 1. The van der Waals surface area contributed by atoms with Crippen molar-refractivity contribution in [1.82, 2.24) is 15.3 Å². The number of hydrogen-bond donors (Lipinski definition) is 3. The van der Waals surface area contributed by atoms with Gasteiger partial charge in [0.25, 0.3) is 0 Å². The lowest BCUT2D eigenvalue weighted by molar-refractivity contribution is -0.140. The summed E-state index contributed by atoms with van der Waals surface area (Å²) >= 11 is 0.780. The van der Waals surface area contributed by atoms with Gasteiger partial charge in [-0.15, -0.1) is 11.3 Å². The molecule has 0 saturated heterocycles. The van der Waals surface area contributed by atoms with E-state index in [-0.39, 0.29) is 40.1 Å². The van der Waals surface area contributed by atoms with E-state index < -0.39 is 35.8 Å². The number of benzene rings is 1. The first-order valence-electron chi connectivity index (χ1n) is 15.0. The highest BCUT2D eigenvalue weighted by Gasteiger charge is 2.34. The normalized spacial score (nSPS) is 18.4. The molecule has 1 saturated carbocycles. The standard InChI is InChI=1S/C33H33F3N4O5S/c1-3-37-32(44)40-28-15-24(30-39-27(17-46-30)33(34,35)36)25(16-38-28)20-10-9-19-13-18(21-7-5-6-8-26(21)41)11-12-22(31(43)45-4-2)29(42)23(19)14-20/h9-10,12-17,21,26,41H,3-8,11H2,1-2H3,(H2,37,38,40,44)/t21-,26+/m0/s1. The van der Waals surface area contributed by atoms with Crippen LogP contribution in [0.15, 0.2) is 53.1 Å². The number of esters is 1. The third-order valence-corrected chi connectivity index (χ3v) is 8.82. The fourth-order valence-corrected chi connectivity index (χ4v) is 6.59. The number of pyridine rings is 1. The van der Waals surface area contributed by atoms with Gasteiger partial charge in [0.1, 0.15) is 16.4 Å². The first kappa shape index (κ1) is 33.0. The molecule has 3 aromatic rings. The molecule has 242 valence electrons. The lowest BCUT2D eigenvalue weighted by atomic mass is 9.78. The molecule has 2 atom stereocenters.